The van der Waals surface area contributed by atoms with Crippen molar-refractivity contribution in [2.45, 2.75) is 64.8 Å². The Hall–Kier alpha value is -3.15. The normalized spacial score (nSPS) is 13.5. The highest BCUT2D eigenvalue weighted by Gasteiger charge is 2.32. The summed E-state index contributed by atoms with van der Waals surface area (Å²) < 4.78 is 79.3. The van der Waals surface area contributed by atoms with E-state index in [4.69, 9.17) is 0 Å². The third-order valence-corrected chi connectivity index (χ3v) is 7.27. The van der Waals surface area contributed by atoms with Gasteiger partial charge in [-0.3, -0.25) is 13.9 Å². The Morgan fingerprint density at radius 1 is 1.05 bits per heavy atom. The molecule has 210 valence electrons. The van der Waals surface area contributed by atoms with E-state index in [2.05, 4.69) is 5.32 Å². The largest absolute Gasteiger partial charge is 0.416 e. The van der Waals surface area contributed by atoms with E-state index in [-0.39, 0.29) is 43.2 Å². The number of nitrogens with zero attached hydrogens (tertiary/aromatic N) is 2. The summed E-state index contributed by atoms with van der Waals surface area (Å²) in [5.41, 5.74) is -0.984. The summed E-state index contributed by atoms with van der Waals surface area (Å²) in [5.74, 6) is -1.50. The van der Waals surface area contributed by atoms with Crippen LogP contribution in [-0.2, 0) is 32.3 Å². The van der Waals surface area contributed by atoms with E-state index in [0.29, 0.717) is 6.42 Å². The standard InChI is InChI=1S/C26H33F4N3O4S/c1-5-18(2)31-25(35)19(3)32(17-20-10-6-7-13-23(20)27)24(34)14-9-15-33(38(4,36)37)22-12-8-11-21(16-22)26(28,29)30/h6-8,10-13,16,18-19H,5,9,14-15,17H2,1-4H3,(H,31,35)/t18-,19+/m1/s1. The predicted molar refractivity (Wildman–Crippen MR) is 137 cm³/mol. The second kappa shape index (κ2) is 13.1. The van der Waals surface area contributed by atoms with Crippen LogP contribution in [0.2, 0.25) is 0 Å². The van der Waals surface area contributed by atoms with Gasteiger partial charge in [0.2, 0.25) is 21.8 Å². The van der Waals surface area contributed by atoms with Gasteiger partial charge in [0.25, 0.3) is 0 Å². The van der Waals surface area contributed by atoms with Crippen LogP contribution in [-0.4, -0.2) is 50.0 Å². The molecule has 0 radical (unpaired) electrons. The van der Waals surface area contributed by atoms with Crippen molar-refractivity contribution >= 4 is 27.5 Å². The number of rotatable bonds is 12. The zero-order valence-electron chi connectivity index (χ0n) is 21.8. The number of halogens is 4. The van der Waals surface area contributed by atoms with Crippen LogP contribution in [0.3, 0.4) is 0 Å². The molecule has 0 saturated carbocycles. The number of carbonyl (C=O) groups is 2. The Balaban J connectivity index is 2.23. The highest BCUT2D eigenvalue weighted by atomic mass is 32.2. The molecule has 2 rings (SSSR count). The van der Waals surface area contributed by atoms with E-state index in [1.165, 1.54) is 36.1 Å². The van der Waals surface area contributed by atoms with Crippen molar-refractivity contribution in [1.82, 2.24) is 10.2 Å². The third-order valence-electron chi connectivity index (χ3n) is 6.08. The molecule has 0 unspecified atom stereocenters. The van der Waals surface area contributed by atoms with E-state index in [1.807, 2.05) is 6.92 Å². The number of alkyl halides is 3. The van der Waals surface area contributed by atoms with Crippen LogP contribution in [0.15, 0.2) is 48.5 Å². The minimum atomic E-state index is -4.66. The minimum Gasteiger partial charge on any atom is -0.352 e. The maximum Gasteiger partial charge on any atom is 0.416 e. The first-order chi connectivity index (χ1) is 17.6. The molecule has 0 aliphatic carbocycles. The Bertz CT molecular complexity index is 1220. The van der Waals surface area contributed by atoms with Crippen molar-refractivity contribution in [3.05, 3.63) is 65.5 Å². The number of sulfonamides is 1. The highest BCUT2D eigenvalue weighted by molar-refractivity contribution is 7.92. The molecule has 0 fully saturated rings. The van der Waals surface area contributed by atoms with Gasteiger partial charge in [-0.15, -0.1) is 0 Å². The molecule has 0 aliphatic heterocycles. The Morgan fingerprint density at radius 3 is 2.29 bits per heavy atom. The molecular formula is C26H33F4N3O4S. The molecule has 38 heavy (non-hydrogen) atoms. The molecule has 0 saturated heterocycles. The van der Waals surface area contributed by atoms with Crippen LogP contribution in [0.5, 0.6) is 0 Å². The van der Waals surface area contributed by atoms with Gasteiger partial charge in [0.1, 0.15) is 11.9 Å². The van der Waals surface area contributed by atoms with Gasteiger partial charge < -0.3 is 10.2 Å². The molecule has 0 bridgehead atoms. The van der Waals surface area contributed by atoms with Crippen LogP contribution in [0, 0.1) is 5.82 Å². The van der Waals surface area contributed by atoms with Crippen LogP contribution in [0.4, 0.5) is 23.2 Å². The second-order valence-corrected chi connectivity index (χ2v) is 11.0. The van der Waals surface area contributed by atoms with E-state index in [0.717, 1.165) is 28.8 Å². The van der Waals surface area contributed by atoms with Crippen molar-refractivity contribution in [1.29, 1.82) is 0 Å². The molecule has 1 N–H and O–H groups in total. The number of benzene rings is 2. The van der Waals surface area contributed by atoms with Gasteiger partial charge in [0, 0.05) is 31.1 Å². The Kier molecular flexibility index (Phi) is 10.7. The first kappa shape index (κ1) is 31.1. The van der Waals surface area contributed by atoms with E-state index < -0.39 is 45.4 Å². The van der Waals surface area contributed by atoms with Crippen molar-refractivity contribution in [3.8, 4) is 0 Å². The summed E-state index contributed by atoms with van der Waals surface area (Å²) in [6, 6.07) is 8.64. The van der Waals surface area contributed by atoms with Crippen LogP contribution in [0.1, 0.15) is 51.2 Å². The zero-order chi connectivity index (χ0) is 28.7. The lowest BCUT2D eigenvalue weighted by Gasteiger charge is -2.30. The van der Waals surface area contributed by atoms with E-state index in [9.17, 15) is 35.6 Å². The van der Waals surface area contributed by atoms with Gasteiger partial charge in [-0.25, -0.2) is 12.8 Å². The van der Waals surface area contributed by atoms with E-state index in [1.54, 1.807) is 13.0 Å². The van der Waals surface area contributed by atoms with Crippen molar-refractivity contribution in [2.24, 2.45) is 0 Å². The quantitative estimate of drug-likeness (QED) is 0.381. The summed E-state index contributed by atoms with van der Waals surface area (Å²) in [5, 5.41) is 2.79. The molecule has 2 aromatic carbocycles. The Morgan fingerprint density at radius 2 is 1.71 bits per heavy atom. The lowest BCUT2D eigenvalue weighted by molar-refractivity contribution is -0.141. The van der Waals surface area contributed by atoms with Crippen LogP contribution in [0.25, 0.3) is 0 Å². The maximum absolute atomic E-state index is 14.3. The monoisotopic (exact) mass is 559 g/mol. The molecule has 7 nitrogen and oxygen atoms in total. The van der Waals surface area contributed by atoms with E-state index >= 15 is 0 Å². The van der Waals surface area contributed by atoms with Crippen molar-refractivity contribution in [3.63, 3.8) is 0 Å². The predicted octanol–water partition coefficient (Wildman–Crippen LogP) is 4.72. The first-order valence-electron chi connectivity index (χ1n) is 12.1. The lowest BCUT2D eigenvalue weighted by atomic mass is 10.1. The average Bonchev–Trinajstić information content (AvgIpc) is 2.84. The number of nitrogens with one attached hydrogen (secondary N) is 1. The number of anilines is 1. The SMILES string of the molecule is CC[C@@H](C)NC(=O)[C@H](C)N(Cc1ccccc1F)C(=O)CCCN(c1cccc(C(F)(F)F)c1)S(C)(=O)=O. The minimum absolute atomic E-state index is 0.0460. The average molecular weight is 560 g/mol. The number of amides is 2. The molecule has 2 amide bonds. The molecule has 0 aliphatic rings. The summed E-state index contributed by atoms with van der Waals surface area (Å²) in [7, 11) is -3.97. The van der Waals surface area contributed by atoms with Gasteiger partial charge in [0.05, 0.1) is 17.5 Å². The fraction of sp³-hybridized carbons (Fsp3) is 0.462. The third kappa shape index (κ3) is 8.71. The second-order valence-electron chi connectivity index (χ2n) is 9.09. The summed E-state index contributed by atoms with van der Waals surface area (Å²) in [4.78, 5) is 27.2. The molecule has 2 atom stereocenters. The number of carbonyl (C=O) groups excluding carboxylic acids is 2. The summed E-state index contributed by atoms with van der Waals surface area (Å²) in [6.45, 7) is 4.75. The number of hydrogen-bond acceptors (Lipinski definition) is 4. The summed E-state index contributed by atoms with van der Waals surface area (Å²) in [6.07, 6.45) is -3.40. The highest BCUT2D eigenvalue weighted by Crippen LogP contribution is 2.32. The molecule has 2 aromatic rings. The smallest absolute Gasteiger partial charge is 0.352 e. The first-order valence-corrected chi connectivity index (χ1v) is 14.0. The Labute approximate surface area is 220 Å². The van der Waals surface area contributed by atoms with Gasteiger partial charge in [-0.2, -0.15) is 13.2 Å². The van der Waals surface area contributed by atoms with Crippen LogP contribution >= 0.6 is 0 Å². The fourth-order valence-electron chi connectivity index (χ4n) is 3.70. The molecular weight excluding hydrogens is 526 g/mol. The maximum atomic E-state index is 14.3. The topological polar surface area (TPSA) is 86.8 Å². The van der Waals surface area contributed by atoms with Crippen molar-refractivity contribution < 1.29 is 35.6 Å². The molecule has 0 heterocycles. The molecule has 0 aromatic heterocycles. The van der Waals surface area contributed by atoms with Gasteiger partial charge in [-0.05, 0) is 51.0 Å². The zero-order valence-corrected chi connectivity index (χ0v) is 22.6. The van der Waals surface area contributed by atoms with Crippen LogP contribution < -0.4 is 9.62 Å². The molecule has 12 heteroatoms. The van der Waals surface area contributed by atoms with Gasteiger partial charge >= 0.3 is 6.18 Å². The fourth-order valence-corrected chi connectivity index (χ4v) is 4.66. The number of hydrogen-bond donors (Lipinski definition) is 1. The lowest BCUT2D eigenvalue weighted by Crippen LogP contribution is -2.49. The van der Waals surface area contributed by atoms with Gasteiger partial charge in [-0.1, -0.05) is 31.2 Å². The van der Waals surface area contributed by atoms with Gasteiger partial charge in [0.15, 0.2) is 0 Å². The van der Waals surface area contributed by atoms with Crippen molar-refractivity contribution in [2.75, 3.05) is 17.1 Å². The summed E-state index contributed by atoms with van der Waals surface area (Å²) >= 11 is 0. The molecule has 0 spiro atoms.